The molecule has 1 N–H and O–H groups in total. The summed E-state index contributed by atoms with van der Waals surface area (Å²) in [6.45, 7) is 8.40. The molecule has 2 aromatic carbocycles. The third-order valence-corrected chi connectivity index (χ3v) is 10.5. The lowest BCUT2D eigenvalue weighted by Crippen LogP contribution is -2.55. The van der Waals surface area contributed by atoms with Crippen LogP contribution in [0.3, 0.4) is 0 Å². The second kappa shape index (κ2) is 11.8. The summed E-state index contributed by atoms with van der Waals surface area (Å²) >= 11 is 8.11. The van der Waals surface area contributed by atoms with Crippen molar-refractivity contribution in [2.24, 2.45) is 11.8 Å². The molecule has 210 valence electrons. The van der Waals surface area contributed by atoms with Gasteiger partial charge in [0.15, 0.2) is 0 Å². The summed E-state index contributed by atoms with van der Waals surface area (Å²) in [6.07, 6.45) is 4.72. The highest BCUT2D eigenvalue weighted by Crippen LogP contribution is 2.66. The molecule has 1 spiro atoms. The number of hydrogen-bond donors (Lipinski definition) is 1. The van der Waals surface area contributed by atoms with Gasteiger partial charge in [-0.05, 0) is 30.5 Å². The fourth-order valence-electron chi connectivity index (χ4n) is 6.72. The molecule has 3 amide bonds. The predicted octanol–water partition coefficient (Wildman–Crippen LogP) is 4.16. The highest BCUT2D eigenvalue weighted by atomic mass is 35.5. The Hall–Kier alpha value is -3.07. The highest BCUT2D eigenvalue weighted by Gasteiger charge is 2.74. The maximum atomic E-state index is 14.4. The molecule has 2 unspecified atom stereocenters. The van der Waals surface area contributed by atoms with Crippen molar-refractivity contribution in [3.63, 3.8) is 0 Å². The molecular formula is C31H34ClN3O4S. The van der Waals surface area contributed by atoms with Gasteiger partial charge in [-0.2, -0.15) is 0 Å². The summed E-state index contributed by atoms with van der Waals surface area (Å²) in [7, 11) is 0. The quantitative estimate of drug-likeness (QED) is 0.404. The average Bonchev–Trinajstić information content (AvgIpc) is 3.60. The van der Waals surface area contributed by atoms with Crippen molar-refractivity contribution in [1.82, 2.24) is 9.80 Å². The minimum absolute atomic E-state index is 0.0183. The Balaban J connectivity index is 1.52. The number of β-amino-alcohol motifs (C(OH)–C–C–N with tert-alkyl or cyclic N) is 1. The zero-order valence-electron chi connectivity index (χ0n) is 22.3. The van der Waals surface area contributed by atoms with E-state index in [4.69, 9.17) is 11.6 Å². The molecule has 3 fully saturated rings. The summed E-state index contributed by atoms with van der Waals surface area (Å²) in [4.78, 5) is 47.5. The van der Waals surface area contributed by atoms with Gasteiger partial charge in [0.25, 0.3) is 5.91 Å². The van der Waals surface area contributed by atoms with Crippen molar-refractivity contribution >= 4 is 46.8 Å². The maximum Gasteiger partial charge on any atom is 0.251 e. The first-order chi connectivity index (χ1) is 19.4. The Kier molecular flexibility index (Phi) is 8.40. The van der Waals surface area contributed by atoms with Crippen LogP contribution in [0.2, 0.25) is 5.02 Å². The Morgan fingerprint density at radius 2 is 1.77 bits per heavy atom. The van der Waals surface area contributed by atoms with Gasteiger partial charge >= 0.3 is 0 Å². The molecule has 5 rings (SSSR count). The highest BCUT2D eigenvalue weighted by molar-refractivity contribution is 8.02. The number of halogens is 1. The first-order valence-corrected chi connectivity index (χ1v) is 14.8. The molecular weight excluding hydrogens is 546 g/mol. The average molecular weight is 580 g/mol. The molecule has 9 heteroatoms. The molecule has 2 bridgehead atoms. The van der Waals surface area contributed by atoms with Crippen LogP contribution in [0.15, 0.2) is 79.9 Å². The van der Waals surface area contributed by atoms with Crippen LogP contribution < -0.4 is 4.90 Å². The molecule has 7 nitrogen and oxygen atoms in total. The van der Waals surface area contributed by atoms with Gasteiger partial charge in [-0.3, -0.25) is 14.4 Å². The number of hydrogen-bond acceptors (Lipinski definition) is 5. The summed E-state index contributed by atoms with van der Waals surface area (Å²) in [5, 5.41) is 10.3. The molecule has 0 radical (unpaired) electrons. The van der Waals surface area contributed by atoms with Crippen LogP contribution in [0, 0.1) is 11.8 Å². The SMILES string of the molecule is C=CCN(Cc1ccccc1)C(=O)[C@@H]1[C@@H]2CCC3(S2)C(C(=O)N(CC=C)c2ccccc2Cl)N(CCO)C(=O)[C@H]13. The largest absolute Gasteiger partial charge is 0.395 e. The van der Waals surface area contributed by atoms with Crippen molar-refractivity contribution in [2.45, 2.75) is 35.4 Å². The number of para-hydroxylation sites is 1. The molecule has 0 aliphatic carbocycles. The van der Waals surface area contributed by atoms with Crippen LogP contribution in [0.25, 0.3) is 0 Å². The van der Waals surface area contributed by atoms with Crippen LogP contribution in [0.5, 0.6) is 0 Å². The van der Waals surface area contributed by atoms with E-state index in [1.54, 1.807) is 51.9 Å². The van der Waals surface area contributed by atoms with Crippen LogP contribution >= 0.6 is 23.4 Å². The number of amides is 3. The fourth-order valence-corrected chi connectivity index (χ4v) is 9.16. The molecule has 40 heavy (non-hydrogen) atoms. The minimum Gasteiger partial charge on any atom is -0.395 e. The van der Waals surface area contributed by atoms with Gasteiger partial charge < -0.3 is 19.8 Å². The van der Waals surface area contributed by atoms with E-state index in [0.29, 0.717) is 30.2 Å². The summed E-state index contributed by atoms with van der Waals surface area (Å²) in [5.74, 6) is -1.80. The van der Waals surface area contributed by atoms with E-state index in [9.17, 15) is 19.5 Å². The van der Waals surface area contributed by atoms with E-state index in [2.05, 4.69) is 13.2 Å². The molecule has 5 atom stereocenters. The number of aliphatic hydroxyl groups is 1. The van der Waals surface area contributed by atoms with Gasteiger partial charge in [0.1, 0.15) is 6.04 Å². The number of anilines is 1. The van der Waals surface area contributed by atoms with Crippen LogP contribution in [0.1, 0.15) is 18.4 Å². The summed E-state index contributed by atoms with van der Waals surface area (Å²) in [5.41, 5.74) is 1.53. The number of benzene rings is 2. The number of thioether (sulfide) groups is 1. The second-order valence-corrected chi connectivity index (χ2v) is 12.5. The lowest BCUT2D eigenvalue weighted by Gasteiger charge is -2.37. The number of fused-ring (bicyclic) bond motifs is 1. The van der Waals surface area contributed by atoms with Crippen molar-refractivity contribution < 1.29 is 19.5 Å². The smallest absolute Gasteiger partial charge is 0.251 e. The van der Waals surface area contributed by atoms with Crippen molar-refractivity contribution in [3.05, 3.63) is 90.5 Å². The minimum atomic E-state index is -0.830. The summed E-state index contributed by atoms with van der Waals surface area (Å²) in [6, 6.07) is 16.0. The number of rotatable bonds is 11. The maximum absolute atomic E-state index is 14.4. The Morgan fingerprint density at radius 1 is 1.07 bits per heavy atom. The third kappa shape index (κ3) is 4.76. The lowest BCUT2D eigenvalue weighted by atomic mass is 9.70. The van der Waals surface area contributed by atoms with Gasteiger partial charge in [0, 0.05) is 31.4 Å². The van der Waals surface area contributed by atoms with Crippen molar-refractivity contribution in [1.29, 1.82) is 0 Å². The van der Waals surface area contributed by atoms with Gasteiger partial charge in [0.2, 0.25) is 11.8 Å². The predicted molar refractivity (Wildman–Crippen MR) is 159 cm³/mol. The van der Waals surface area contributed by atoms with Crippen molar-refractivity contribution in [3.8, 4) is 0 Å². The Bertz CT molecular complexity index is 1310. The van der Waals surface area contributed by atoms with Crippen LogP contribution in [-0.4, -0.2) is 74.9 Å². The molecule has 2 aromatic rings. The van der Waals surface area contributed by atoms with E-state index < -0.39 is 22.6 Å². The lowest BCUT2D eigenvalue weighted by molar-refractivity contribution is -0.144. The number of likely N-dealkylation sites (tertiary alicyclic amines) is 1. The fraction of sp³-hybridized carbons (Fsp3) is 0.387. The van der Waals surface area contributed by atoms with E-state index in [1.807, 2.05) is 36.4 Å². The van der Waals surface area contributed by atoms with E-state index in [1.165, 1.54) is 4.90 Å². The molecule has 0 aromatic heterocycles. The van der Waals surface area contributed by atoms with E-state index in [0.717, 1.165) is 12.0 Å². The number of aliphatic hydroxyl groups excluding tert-OH is 1. The molecule has 0 saturated carbocycles. The van der Waals surface area contributed by atoms with Crippen molar-refractivity contribution in [2.75, 3.05) is 31.1 Å². The Morgan fingerprint density at radius 3 is 2.45 bits per heavy atom. The molecule has 3 aliphatic heterocycles. The van der Waals surface area contributed by atoms with Crippen LogP contribution in [0.4, 0.5) is 5.69 Å². The first kappa shape index (κ1) is 28.5. The van der Waals surface area contributed by atoms with Gasteiger partial charge in [0.05, 0.1) is 33.9 Å². The number of nitrogens with zero attached hydrogens (tertiary/aromatic N) is 3. The Labute approximate surface area is 244 Å². The monoisotopic (exact) mass is 579 g/mol. The summed E-state index contributed by atoms with van der Waals surface area (Å²) < 4.78 is -0.762. The second-order valence-electron chi connectivity index (χ2n) is 10.5. The van der Waals surface area contributed by atoms with E-state index in [-0.39, 0.29) is 42.7 Å². The van der Waals surface area contributed by atoms with Crippen LogP contribution in [-0.2, 0) is 20.9 Å². The number of carbonyl (C=O) groups excluding carboxylic acids is 3. The molecule has 3 saturated heterocycles. The van der Waals surface area contributed by atoms with Gasteiger partial charge in [-0.25, -0.2) is 0 Å². The van der Waals surface area contributed by atoms with Gasteiger partial charge in [-0.1, -0.05) is 66.2 Å². The topological polar surface area (TPSA) is 81.2 Å². The molecule has 3 aliphatic rings. The number of carbonyl (C=O) groups is 3. The third-order valence-electron chi connectivity index (χ3n) is 8.26. The standard InChI is InChI=1S/C31H34ClN3O4S/c1-3-16-33(20-21-10-6-5-7-11-21)28(37)25-24-14-15-31(40-24)26(25)29(38)35(18-19-36)27(31)30(39)34(17-4-2)23-13-9-8-12-22(23)32/h3-13,24-27,36H,1-2,14-20H2/t24-,25+,26-,27?,31?/m0/s1. The zero-order chi connectivity index (χ0) is 28.4. The van der Waals surface area contributed by atoms with E-state index >= 15 is 0 Å². The van der Waals surface area contributed by atoms with Gasteiger partial charge in [-0.15, -0.1) is 24.9 Å². The first-order valence-electron chi connectivity index (χ1n) is 13.6. The molecule has 3 heterocycles. The zero-order valence-corrected chi connectivity index (χ0v) is 23.9. The normalized spacial score (nSPS) is 26.4.